The van der Waals surface area contributed by atoms with Crippen LogP contribution in [0.3, 0.4) is 0 Å². The maximum atomic E-state index is 10.8. The quantitative estimate of drug-likeness (QED) is 0.155. The molecule has 0 aliphatic rings. The van der Waals surface area contributed by atoms with Gasteiger partial charge in [-0.15, -0.1) is 24.0 Å². The highest BCUT2D eigenvalue weighted by molar-refractivity contribution is 14.0. The number of non-ortho nitro benzene ring substituents is 1. The van der Waals surface area contributed by atoms with E-state index in [1.165, 1.54) is 12.1 Å². The Morgan fingerprint density at radius 1 is 0.933 bits per heavy atom. The normalized spacial score (nSPS) is 10.7. The summed E-state index contributed by atoms with van der Waals surface area (Å²) in [6, 6.07) is 22.4. The number of pyridine rings is 1. The molecule has 0 aliphatic carbocycles. The van der Waals surface area contributed by atoms with Gasteiger partial charge in [0.2, 0.25) is 0 Å². The number of halogens is 1. The molecule has 0 unspecified atom stereocenters. The first-order valence-electron chi connectivity index (χ1n) is 9.40. The number of hydrogen-bond donors (Lipinski definition) is 2. The van der Waals surface area contributed by atoms with E-state index in [9.17, 15) is 10.1 Å². The van der Waals surface area contributed by atoms with Crippen LogP contribution < -0.4 is 10.6 Å². The second-order valence-electron chi connectivity index (χ2n) is 6.43. The molecule has 0 fully saturated rings. The van der Waals surface area contributed by atoms with E-state index in [1.807, 2.05) is 48.5 Å². The lowest BCUT2D eigenvalue weighted by Gasteiger charge is -2.13. The van der Waals surface area contributed by atoms with E-state index in [0.717, 1.165) is 23.2 Å². The molecule has 0 saturated heterocycles. The lowest BCUT2D eigenvalue weighted by atomic mass is 10.2. The lowest BCUT2D eigenvalue weighted by Crippen LogP contribution is -2.38. The third-order valence-corrected chi connectivity index (χ3v) is 4.27. The van der Waals surface area contributed by atoms with Crippen LogP contribution in [-0.4, -0.2) is 22.4 Å². The Kier molecular flexibility index (Phi) is 9.72. The van der Waals surface area contributed by atoms with E-state index >= 15 is 0 Å². The predicted molar refractivity (Wildman–Crippen MR) is 129 cm³/mol. The molecule has 30 heavy (non-hydrogen) atoms. The van der Waals surface area contributed by atoms with E-state index in [0.29, 0.717) is 25.6 Å². The number of nitrogens with one attached hydrogen (secondary N) is 2. The van der Waals surface area contributed by atoms with Crippen molar-refractivity contribution in [2.75, 3.05) is 6.54 Å². The first kappa shape index (κ1) is 23.3. The van der Waals surface area contributed by atoms with Crippen LogP contribution in [0.15, 0.2) is 84.0 Å². The van der Waals surface area contributed by atoms with E-state index in [-0.39, 0.29) is 29.7 Å². The summed E-state index contributed by atoms with van der Waals surface area (Å²) in [6.45, 7) is 1.76. The van der Waals surface area contributed by atoms with Gasteiger partial charge in [0.1, 0.15) is 0 Å². The Bertz CT molecular complexity index is 935. The molecule has 1 heterocycles. The molecule has 2 N–H and O–H groups in total. The molecule has 0 aliphatic heterocycles. The topological polar surface area (TPSA) is 92.5 Å². The fraction of sp³-hybridized carbons (Fsp3) is 0.182. The van der Waals surface area contributed by atoms with Gasteiger partial charge >= 0.3 is 0 Å². The van der Waals surface area contributed by atoms with Crippen molar-refractivity contribution >= 4 is 35.6 Å². The highest BCUT2D eigenvalue weighted by atomic mass is 127. The Hall–Kier alpha value is -3.01. The molecule has 0 atom stereocenters. The second-order valence-corrected chi connectivity index (χ2v) is 6.43. The van der Waals surface area contributed by atoms with Crippen LogP contribution in [0.5, 0.6) is 0 Å². The largest absolute Gasteiger partial charge is 0.356 e. The zero-order valence-corrected chi connectivity index (χ0v) is 18.7. The van der Waals surface area contributed by atoms with E-state index in [4.69, 9.17) is 0 Å². The summed E-state index contributed by atoms with van der Waals surface area (Å²) in [6.07, 6.45) is 2.57. The summed E-state index contributed by atoms with van der Waals surface area (Å²) in [5, 5.41) is 17.4. The molecule has 156 valence electrons. The van der Waals surface area contributed by atoms with Crippen molar-refractivity contribution in [2.24, 2.45) is 4.99 Å². The number of nitrogens with zero attached hydrogens (tertiary/aromatic N) is 3. The monoisotopic (exact) mass is 517 g/mol. The van der Waals surface area contributed by atoms with Crippen LogP contribution in [0, 0.1) is 10.1 Å². The molecule has 0 amide bonds. The van der Waals surface area contributed by atoms with Gasteiger partial charge in [0.25, 0.3) is 5.69 Å². The molecule has 7 nitrogen and oxygen atoms in total. The van der Waals surface area contributed by atoms with Gasteiger partial charge in [-0.05, 0) is 23.3 Å². The van der Waals surface area contributed by atoms with Gasteiger partial charge in [0.05, 0.1) is 11.5 Å². The van der Waals surface area contributed by atoms with Gasteiger partial charge < -0.3 is 10.6 Å². The number of guanidine groups is 1. The summed E-state index contributed by atoms with van der Waals surface area (Å²) in [7, 11) is 0. The number of rotatable bonds is 8. The molecular formula is C22H24IN5O2. The van der Waals surface area contributed by atoms with Crippen molar-refractivity contribution in [2.45, 2.75) is 19.5 Å². The first-order chi connectivity index (χ1) is 14.2. The summed E-state index contributed by atoms with van der Waals surface area (Å²) in [5.41, 5.74) is 3.15. The Morgan fingerprint density at radius 2 is 1.67 bits per heavy atom. The maximum Gasteiger partial charge on any atom is 0.269 e. The average molecular weight is 517 g/mol. The summed E-state index contributed by atoms with van der Waals surface area (Å²) in [5.74, 6) is 0.683. The minimum atomic E-state index is -0.400. The molecule has 1 aromatic heterocycles. The van der Waals surface area contributed by atoms with Crippen molar-refractivity contribution in [1.82, 2.24) is 15.6 Å². The molecule has 8 heteroatoms. The van der Waals surface area contributed by atoms with E-state index in [1.54, 1.807) is 18.3 Å². The van der Waals surface area contributed by atoms with E-state index < -0.39 is 4.92 Å². The van der Waals surface area contributed by atoms with Crippen LogP contribution >= 0.6 is 24.0 Å². The lowest BCUT2D eigenvalue weighted by molar-refractivity contribution is -0.384. The number of benzene rings is 2. The van der Waals surface area contributed by atoms with Crippen LogP contribution in [0.2, 0.25) is 0 Å². The Balaban J connectivity index is 0.00000320. The second kappa shape index (κ2) is 12.5. The highest BCUT2D eigenvalue weighted by Crippen LogP contribution is 2.11. The molecule has 0 radical (unpaired) electrons. The van der Waals surface area contributed by atoms with Gasteiger partial charge in [-0.3, -0.25) is 15.1 Å². The molecule has 0 spiro atoms. The molecular weight excluding hydrogens is 493 g/mol. The molecule has 2 aromatic carbocycles. The van der Waals surface area contributed by atoms with Crippen LogP contribution in [-0.2, 0) is 19.5 Å². The zero-order valence-electron chi connectivity index (χ0n) is 16.4. The van der Waals surface area contributed by atoms with Crippen molar-refractivity contribution in [1.29, 1.82) is 0 Å². The number of nitro benzene ring substituents is 1. The van der Waals surface area contributed by atoms with Crippen LogP contribution in [0.25, 0.3) is 0 Å². The maximum absolute atomic E-state index is 10.8. The average Bonchev–Trinajstić information content (AvgIpc) is 2.77. The van der Waals surface area contributed by atoms with Crippen molar-refractivity contribution in [3.05, 3.63) is 106 Å². The van der Waals surface area contributed by atoms with Gasteiger partial charge in [0, 0.05) is 43.5 Å². The Labute approximate surface area is 192 Å². The highest BCUT2D eigenvalue weighted by Gasteiger charge is 2.05. The van der Waals surface area contributed by atoms with Gasteiger partial charge in [-0.1, -0.05) is 48.5 Å². The summed E-state index contributed by atoms with van der Waals surface area (Å²) >= 11 is 0. The third-order valence-electron chi connectivity index (χ3n) is 4.27. The molecule has 3 rings (SSSR count). The van der Waals surface area contributed by atoms with Gasteiger partial charge in [-0.25, -0.2) is 4.99 Å². The number of hydrogen-bond acceptors (Lipinski definition) is 4. The third kappa shape index (κ3) is 7.78. The molecule has 0 bridgehead atoms. The zero-order chi connectivity index (χ0) is 20.3. The molecule has 0 saturated carbocycles. The number of aliphatic imine (C=N–C) groups is 1. The van der Waals surface area contributed by atoms with Crippen molar-refractivity contribution in [3.8, 4) is 0 Å². The molecule has 3 aromatic rings. The minimum Gasteiger partial charge on any atom is -0.356 e. The smallest absolute Gasteiger partial charge is 0.269 e. The van der Waals surface area contributed by atoms with Gasteiger partial charge in [0.15, 0.2) is 5.96 Å². The van der Waals surface area contributed by atoms with E-state index in [2.05, 4.69) is 20.6 Å². The van der Waals surface area contributed by atoms with Crippen molar-refractivity contribution in [3.63, 3.8) is 0 Å². The SMILES string of the molecule is I.O=[N+]([O-])c1ccc(CNC(=NCc2ccccc2)NCCc2ccccn2)cc1. The number of nitro groups is 1. The van der Waals surface area contributed by atoms with Crippen LogP contribution in [0.4, 0.5) is 5.69 Å². The van der Waals surface area contributed by atoms with Crippen molar-refractivity contribution < 1.29 is 4.92 Å². The fourth-order valence-corrected chi connectivity index (χ4v) is 2.70. The Morgan fingerprint density at radius 3 is 2.33 bits per heavy atom. The standard InChI is InChI=1S/C22H23N5O2.HI/c28-27(29)21-11-9-19(10-12-21)17-26-22(25-16-18-6-2-1-3-7-18)24-15-13-20-8-4-5-14-23-20;/h1-12,14H,13,15-17H2,(H2,24,25,26);1H. The fourth-order valence-electron chi connectivity index (χ4n) is 2.70. The summed E-state index contributed by atoms with van der Waals surface area (Å²) in [4.78, 5) is 19.4. The van der Waals surface area contributed by atoms with Gasteiger partial charge in [-0.2, -0.15) is 0 Å². The predicted octanol–water partition coefficient (Wildman–Crippen LogP) is 4.09. The first-order valence-corrected chi connectivity index (χ1v) is 9.40. The number of aromatic nitrogens is 1. The van der Waals surface area contributed by atoms with Crippen LogP contribution in [0.1, 0.15) is 16.8 Å². The minimum absolute atomic E-state index is 0. The summed E-state index contributed by atoms with van der Waals surface area (Å²) < 4.78 is 0.